The second kappa shape index (κ2) is 9.83. The number of nitriles is 1. The SMILES string of the molecule is COc1nsc(NC(=O)N2C[C@H]3C[C@H](Nc4c(C#N)cnc5c4ccn5S(=O)(=O)c4ccccc4)C[C@H]3C2)n1. The highest BCUT2D eigenvalue weighted by molar-refractivity contribution is 7.90. The molecule has 4 heterocycles. The van der Waals surface area contributed by atoms with Crippen LogP contribution in [0.1, 0.15) is 18.4 Å². The predicted molar refractivity (Wildman–Crippen MR) is 144 cm³/mol. The van der Waals surface area contributed by atoms with E-state index < -0.39 is 10.0 Å². The fraction of sp³-hybridized carbons (Fsp3) is 0.320. The average Bonchev–Trinajstić information content (AvgIpc) is 3.72. The minimum absolute atomic E-state index is 0.0735. The second-order valence-electron chi connectivity index (χ2n) is 9.58. The number of nitrogens with zero attached hydrogens (tertiary/aromatic N) is 6. The molecule has 0 spiro atoms. The maximum Gasteiger partial charge on any atom is 0.329 e. The lowest BCUT2D eigenvalue weighted by molar-refractivity contribution is 0.218. The van der Waals surface area contributed by atoms with Gasteiger partial charge in [-0.2, -0.15) is 10.2 Å². The molecule has 2 fully saturated rings. The van der Waals surface area contributed by atoms with Crippen molar-refractivity contribution < 1.29 is 17.9 Å². The number of pyridine rings is 1. The number of rotatable bonds is 6. The van der Waals surface area contributed by atoms with Crippen molar-refractivity contribution >= 4 is 49.4 Å². The van der Waals surface area contributed by atoms with E-state index in [0.29, 0.717) is 46.7 Å². The first-order chi connectivity index (χ1) is 18.9. The third-order valence-corrected chi connectivity index (χ3v) is 9.59. The zero-order valence-corrected chi connectivity index (χ0v) is 22.4. The van der Waals surface area contributed by atoms with Crippen molar-refractivity contribution in [3.05, 3.63) is 54.4 Å². The molecule has 2 amide bonds. The summed E-state index contributed by atoms with van der Waals surface area (Å²) in [6.07, 6.45) is 4.52. The third kappa shape index (κ3) is 4.53. The Morgan fingerprint density at radius 1 is 1.18 bits per heavy atom. The summed E-state index contributed by atoms with van der Waals surface area (Å²) in [5.74, 6) is 0.617. The summed E-state index contributed by atoms with van der Waals surface area (Å²) in [6.45, 7) is 1.24. The highest BCUT2D eigenvalue weighted by Crippen LogP contribution is 2.41. The van der Waals surface area contributed by atoms with Crippen LogP contribution in [0.5, 0.6) is 6.01 Å². The lowest BCUT2D eigenvalue weighted by atomic mass is 10.0. The molecule has 6 rings (SSSR count). The van der Waals surface area contributed by atoms with Crippen LogP contribution in [0.25, 0.3) is 11.0 Å². The lowest BCUT2D eigenvalue weighted by Crippen LogP contribution is -2.34. The van der Waals surface area contributed by atoms with Gasteiger partial charge in [0.1, 0.15) is 6.07 Å². The number of benzene rings is 1. The van der Waals surface area contributed by atoms with Crippen LogP contribution < -0.4 is 15.4 Å². The molecule has 2 aliphatic rings. The van der Waals surface area contributed by atoms with Crippen LogP contribution in [-0.2, 0) is 10.0 Å². The van der Waals surface area contributed by atoms with Gasteiger partial charge in [0.2, 0.25) is 5.13 Å². The zero-order chi connectivity index (χ0) is 27.1. The van der Waals surface area contributed by atoms with Crippen LogP contribution in [0.3, 0.4) is 0 Å². The Hall–Kier alpha value is -4.22. The number of methoxy groups -OCH3 is 1. The summed E-state index contributed by atoms with van der Waals surface area (Å²) < 4.78 is 36.6. The minimum atomic E-state index is -3.85. The fourth-order valence-electron chi connectivity index (χ4n) is 5.51. The predicted octanol–water partition coefficient (Wildman–Crippen LogP) is 3.36. The molecule has 1 aliphatic carbocycles. The number of fused-ring (bicyclic) bond motifs is 2. The van der Waals surface area contributed by atoms with Crippen molar-refractivity contribution in [2.24, 2.45) is 11.8 Å². The van der Waals surface area contributed by atoms with E-state index in [-0.39, 0.29) is 28.6 Å². The number of amides is 2. The first-order valence-corrected chi connectivity index (χ1v) is 14.5. The molecular formula is C25H24N8O4S2. The van der Waals surface area contributed by atoms with Crippen LogP contribution in [0.4, 0.5) is 15.6 Å². The van der Waals surface area contributed by atoms with Gasteiger partial charge >= 0.3 is 12.0 Å². The Kier molecular flexibility index (Phi) is 6.32. The van der Waals surface area contributed by atoms with Gasteiger partial charge in [0.05, 0.1) is 23.3 Å². The monoisotopic (exact) mass is 564 g/mol. The fourth-order valence-corrected chi connectivity index (χ4v) is 7.36. The molecule has 39 heavy (non-hydrogen) atoms. The van der Waals surface area contributed by atoms with E-state index in [1.165, 1.54) is 31.6 Å². The van der Waals surface area contributed by atoms with Crippen molar-refractivity contribution in [1.82, 2.24) is 23.2 Å². The Bertz CT molecular complexity index is 1680. The van der Waals surface area contributed by atoms with Crippen LogP contribution in [0.2, 0.25) is 0 Å². The number of anilines is 2. The molecule has 1 saturated heterocycles. The maximum atomic E-state index is 13.3. The molecular weight excluding hydrogens is 540 g/mol. The first-order valence-electron chi connectivity index (χ1n) is 12.3. The highest BCUT2D eigenvalue weighted by atomic mass is 32.2. The van der Waals surface area contributed by atoms with E-state index in [9.17, 15) is 18.5 Å². The van der Waals surface area contributed by atoms with E-state index in [1.807, 2.05) is 0 Å². The number of urea groups is 1. The summed E-state index contributed by atoms with van der Waals surface area (Å²) in [6, 6.07) is 12.1. The minimum Gasteiger partial charge on any atom is -0.466 e. The molecule has 0 radical (unpaired) electrons. The van der Waals surface area contributed by atoms with E-state index in [2.05, 4.69) is 31.0 Å². The summed E-state index contributed by atoms with van der Waals surface area (Å²) in [7, 11) is -2.38. The van der Waals surface area contributed by atoms with Gasteiger partial charge in [0.25, 0.3) is 10.0 Å². The van der Waals surface area contributed by atoms with Crippen molar-refractivity contribution in [2.75, 3.05) is 30.8 Å². The summed E-state index contributed by atoms with van der Waals surface area (Å²) in [5, 5.41) is 17.0. The first kappa shape index (κ1) is 25.1. The maximum absolute atomic E-state index is 13.3. The van der Waals surface area contributed by atoms with Crippen LogP contribution in [0.15, 0.2) is 53.7 Å². The summed E-state index contributed by atoms with van der Waals surface area (Å²) >= 11 is 1.06. The van der Waals surface area contributed by atoms with Crippen LogP contribution in [-0.4, -0.2) is 63.9 Å². The Balaban J connectivity index is 1.18. The van der Waals surface area contributed by atoms with Crippen LogP contribution in [0, 0.1) is 23.2 Å². The molecule has 12 nitrogen and oxygen atoms in total. The number of ether oxygens (including phenoxy) is 1. The number of hydrogen-bond donors (Lipinski definition) is 2. The third-order valence-electron chi connectivity index (χ3n) is 7.29. The van der Waals surface area contributed by atoms with E-state index in [1.54, 1.807) is 29.2 Å². The number of nitrogens with one attached hydrogen (secondary N) is 2. The Labute approximate surface area is 228 Å². The molecule has 1 saturated carbocycles. The smallest absolute Gasteiger partial charge is 0.329 e. The number of aromatic nitrogens is 4. The van der Waals surface area contributed by atoms with Gasteiger partial charge in [0.15, 0.2) is 5.65 Å². The summed E-state index contributed by atoms with van der Waals surface area (Å²) in [5.41, 5.74) is 1.19. The van der Waals surface area contributed by atoms with Crippen molar-refractivity contribution in [3.63, 3.8) is 0 Å². The quantitative estimate of drug-likeness (QED) is 0.359. The van der Waals surface area contributed by atoms with E-state index in [4.69, 9.17) is 4.74 Å². The van der Waals surface area contributed by atoms with E-state index >= 15 is 0 Å². The molecule has 0 bridgehead atoms. The van der Waals surface area contributed by atoms with E-state index in [0.717, 1.165) is 28.3 Å². The van der Waals surface area contributed by atoms with Gasteiger partial charge in [-0.1, -0.05) is 18.2 Å². The Morgan fingerprint density at radius 3 is 2.59 bits per heavy atom. The number of hydrogen-bond acceptors (Lipinski definition) is 10. The molecule has 0 unspecified atom stereocenters. The van der Waals surface area contributed by atoms with Gasteiger partial charge in [-0.25, -0.2) is 22.2 Å². The largest absolute Gasteiger partial charge is 0.466 e. The molecule has 3 atom stereocenters. The molecule has 3 aromatic heterocycles. The zero-order valence-electron chi connectivity index (χ0n) is 20.8. The normalized spacial score (nSPS) is 20.5. The molecule has 14 heteroatoms. The van der Waals surface area contributed by atoms with Gasteiger partial charge < -0.3 is 15.0 Å². The lowest BCUT2D eigenvalue weighted by Gasteiger charge is -2.21. The van der Waals surface area contributed by atoms with Crippen molar-refractivity contribution in [2.45, 2.75) is 23.8 Å². The molecule has 4 aromatic rings. The number of carbonyl (C=O) groups excluding carboxylic acids is 1. The molecule has 1 aliphatic heterocycles. The van der Waals surface area contributed by atoms with Crippen molar-refractivity contribution in [3.8, 4) is 12.1 Å². The van der Waals surface area contributed by atoms with Gasteiger partial charge in [-0.15, -0.1) is 4.37 Å². The second-order valence-corrected chi connectivity index (χ2v) is 12.1. The van der Waals surface area contributed by atoms with Gasteiger partial charge in [-0.3, -0.25) is 5.32 Å². The topological polar surface area (TPSA) is 155 Å². The molecule has 2 N–H and O–H groups in total. The van der Waals surface area contributed by atoms with Crippen LogP contribution >= 0.6 is 11.5 Å². The summed E-state index contributed by atoms with van der Waals surface area (Å²) in [4.78, 5) is 23.1. The standard InChI is InChI=1S/C25H24N8O4S2/c1-37-23-29-24(38-31-23)30-25(34)32-13-15-9-18(10-16(15)14-32)28-21-17(11-26)12-27-22-20(21)7-8-33(22)39(35,36)19-5-3-2-4-6-19/h2-8,12,15-16,18H,9-10,13-14H2,1H3,(H,27,28)(H,29,30,31,34)/t15-,16+,18+. The number of likely N-dealkylation sites (tertiary alicyclic amines) is 1. The Morgan fingerprint density at radius 2 is 1.92 bits per heavy atom. The highest BCUT2D eigenvalue weighted by Gasteiger charge is 2.43. The average molecular weight is 565 g/mol. The molecule has 1 aromatic carbocycles. The van der Waals surface area contributed by atoms with Gasteiger partial charge in [0, 0.05) is 48.4 Å². The molecule has 200 valence electrons. The van der Waals surface area contributed by atoms with Crippen molar-refractivity contribution in [1.29, 1.82) is 5.26 Å². The number of carbonyl (C=O) groups is 1. The van der Waals surface area contributed by atoms with Gasteiger partial charge in [-0.05, 0) is 42.9 Å².